The van der Waals surface area contributed by atoms with Crippen LogP contribution in [-0.4, -0.2) is 52.6 Å². The second-order valence-corrected chi connectivity index (χ2v) is 5.76. The van der Waals surface area contributed by atoms with Gasteiger partial charge in [-0.1, -0.05) is 13.3 Å². The number of aliphatic imine (C=N–C) groups is 1. The molecule has 2 amide bonds. The molecule has 5 heteroatoms. The van der Waals surface area contributed by atoms with Crippen LogP contribution in [0, 0.1) is 0 Å². The number of rotatable bonds is 4. The number of hydrogen-bond acceptors (Lipinski definition) is 3. The highest BCUT2D eigenvalue weighted by Gasteiger charge is 2.50. The number of carbonyl (C=O) groups is 2. The second-order valence-electron chi connectivity index (χ2n) is 5.76. The molecule has 0 aliphatic carbocycles. The molecule has 0 radical (unpaired) electrons. The zero-order valence-corrected chi connectivity index (χ0v) is 12.8. The van der Waals surface area contributed by atoms with Crippen LogP contribution in [0.25, 0.3) is 0 Å². The van der Waals surface area contributed by atoms with E-state index >= 15 is 0 Å². The van der Waals surface area contributed by atoms with E-state index in [2.05, 4.69) is 6.92 Å². The van der Waals surface area contributed by atoms with Gasteiger partial charge in [-0.05, 0) is 26.2 Å². The first kappa shape index (κ1) is 15.0. The van der Waals surface area contributed by atoms with E-state index in [1.807, 2.05) is 11.8 Å². The first-order valence-corrected chi connectivity index (χ1v) is 7.70. The first-order chi connectivity index (χ1) is 9.54. The monoisotopic (exact) mass is 279 g/mol. The molecule has 0 aromatic rings. The van der Waals surface area contributed by atoms with Crippen LogP contribution >= 0.6 is 0 Å². The maximum Gasteiger partial charge on any atom is 0.257 e. The molecular formula is C15H25N3O2. The van der Waals surface area contributed by atoms with Crippen LogP contribution in [0.4, 0.5) is 0 Å². The van der Waals surface area contributed by atoms with Crippen molar-refractivity contribution in [3.8, 4) is 0 Å². The van der Waals surface area contributed by atoms with Crippen molar-refractivity contribution in [1.29, 1.82) is 0 Å². The van der Waals surface area contributed by atoms with E-state index in [4.69, 9.17) is 4.99 Å². The highest BCUT2D eigenvalue weighted by molar-refractivity contribution is 6.08. The predicted octanol–water partition coefficient (Wildman–Crippen LogP) is 1.82. The summed E-state index contributed by atoms with van der Waals surface area (Å²) in [7, 11) is 0. The Morgan fingerprint density at radius 1 is 1.40 bits per heavy atom. The largest absolute Gasteiger partial charge is 0.340 e. The summed E-state index contributed by atoms with van der Waals surface area (Å²) in [6.45, 7) is 7.57. The van der Waals surface area contributed by atoms with Crippen LogP contribution in [0.1, 0.15) is 52.9 Å². The molecule has 0 saturated carbocycles. The van der Waals surface area contributed by atoms with Gasteiger partial charge >= 0.3 is 0 Å². The number of unbranched alkanes of at least 4 members (excludes halogenated alkanes) is 1. The Bertz CT molecular complexity index is 433. The third kappa shape index (κ3) is 2.58. The van der Waals surface area contributed by atoms with Gasteiger partial charge in [0, 0.05) is 26.4 Å². The minimum Gasteiger partial charge on any atom is -0.340 e. The summed E-state index contributed by atoms with van der Waals surface area (Å²) in [5.74, 6) is 1.05. The number of nitrogens with zero attached hydrogens (tertiary/aromatic N) is 3. The number of likely N-dealkylation sites (N-methyl/N-ethyl adjacent to an activating group) is 1. The molecule has 1 fully saturated rings. The molecule has 0 bridgehead atoms. The fourth-order valence-corrected chi connectivity index (χ4v) is 3.15. The Morgan fingerprint density at radius 3 is 2.75 bits per heavy atom. The van der Waals surface area contributed by atoms with Crippen LogP contribution in [0.15, 0.2) is 4.99 Å². The number of likely N-dealkylation sites (tertiary alicyclic amines) is 1. The van der Waals surface area contributed by atoms with Crippen molar-refractivity contribution < 1.29 is 9.59 Å². The van der Waals surface area contributed by atoms with Gasteiger partial charge in [0.1, 0.15) is 5.84 Å². The summed E-state index contributed by atoms with van der Waals surface area (Å²) in [6, 6.07) is 0. The number of piperidine rings is 1. The van der Waals surface area contributed by atoms with Crippen LogP contribution < -0.4 is 0 Å². The van der Waals surface area contributed by atoms with Gasteiger partial charge in [-0.15, -0.1) is 0 Å². The van der Waals surface area contributed by atoms with Gasteiger partial charge in [0.25, 0.3) is 5.91 Å². The molecule has 2 aliphatic heterocycles. The van der Waals surface area contributed by atoms with Gasteiger partial charge in [0.2, 0.25) is 5.91 Å². The quantitative estimate of drug-likeness (QED) is 0.788. The summed E-state index contributed by atoms with van der Waals surface area (Å²) in [5, 5.41) is 0. The average Bonchev–Trinajstić information content (AvgIpc) is 2.69. The van der Waals surface area contributed by atoms with E-state index in [1.165, 1.54) is 0 Å². The fraction of sp³-hybridized carbons (Fsp3) is 0.800. The summed E-state index contributed by atoms with van der Waals surface area (Å²) in [4.78, 5) is 32.7. The molecule has 112 valence electrons. The second kappa shape index (κ2) is 5.94. The van der Waals surface area contributed by atoms with Gasteiger partial charge in [0.15, 0.2) is 5.54 Å². The maximum atomic E-state index is 12.7. The van der Waals surface area contributed by atoms with Crippen molar-refractivity contribution in [3.63, 3.8) is 0 Å². The van der Waals surface area contributed by atoms with Crippen LogP contribution in [0.5, 0.6) is 0 Å². The Morgan fingerprint density at radius 2 is 2.15 bits per heavy atom. The van der Waals surface area contributed by atoms with Crippen molar-refractivity contribution in [2.75, 3.05) is 19.6 Å². The lowest BCUT2D eigenvalue weighted by Crippen LogP contribution is -2.54. The fourth-order valence-electron chi connectivity index (χ4n) is 3.15. The Kier molecular flexibility index (Phi) is 4.45. The molecular weight excluding hydrogens is 254 g/mol. The topological polar surface area (TPSA) is 53.0 Å². The van der Waals surface area contributed by atoms with Crippen molar-refractivity contribution in [2.24, 2.45) is 4.99 Å². The van der Waals surface area contributed by atoms with E-state index in [0.717, 1.165) is 44.5 Å². The zero-order chi connectivity index (χ0) is 14.8. The molecule has 0 N–H and O–H groups in total. The minimum atomic E-state index is -0.691. The van der Waals surface area contributed by atoms with Crippen LogP contribution in [0.2, 0.25) is 0 Å². The Labute approximate surface area is 121 Å². The predicted molar refractivity (Wildman–Crippen MR) is 78.6 cm³/mol. The van der Waals surface area contributed by atoms with E-state index in [9.17, 15) is 9.59 Å². The van der Waals surface area contributed by atoms with Gasteiger partial charge < -0.3 is 4.90 Å². The molecule has 20 heavy (non-hydrogen) atoms. The third-order valence-electron chi connectivity index (χ3n) is 4.28. The molecule has 2 aliphatic rings. The van der Waals surface area contributed by atoms with E-state index in [-0.39, 0.29) is 11.8 Å². The molecule has 1 atom stereocenters. The van der Waals surface area contributed by atoms with Gasteiger partial charge in [-0.2, -0.15) is 0 Å². The average molecular weight is 279 g/mol. The third-order valence-corrected chi connectivity index (χ3v) is 4.28. The van der Waals surface area contributed by atoms with Crippen LogP contribution in [0.3, 0.4) is 0 Å². The van der Waals surface area contributed by atoms with Crippen molar-refractivity contribution >= 4 is 17.6 Å². The maximum absolute atomic E-state index is 12.7. The smallest absolute Gasteiger partial charge is 0.257 e. The highest BCUT2D eigenvalue weighted by atomic mass is 16.2. The van der Waals surface area contributed by atoms with Gasteiger partial charge in [0.05, 0.1) is 6.54 Å². The SMILES string of the molecule is CCCCC1=NC2(CCCN(C(C)=O)C2)C(=O)N1CC. The summed E-state index contributed by atoms with van der Waals surface area (Å²) in [6.07, 6.45) is 4.62. The van der Waals surface area contributed by atoms with Crippen molar-refractivity contribution in [1.82, 2.24) is 9.80 Å². The van der Waals surface area contributed by atoms with Gasteiger partial charge in [-0.25, -0.2) is 0 Å². The number of carbonyl (C=O) groups excluding carboxylic acids is 2. The lowest BCUT2D eigenvalue weighted by molar-refractivity contribution is -0.137. The lowest BCUT2D eigenvalue weighted by atomic mass is 9.89. The van der Waals surface area contributed by atoms with E-state index in [0.29, 0.717) is 13.1 Å². The van der Waals surface area contributed by atoms with Crippen LogP contribution in [-0.2, 0) is 9.59 Å². The Balaban J connectivity index is 2.23. The van der Waals surface area contributed by atoms with E-state index < -0.39 is 5.54 Å². The first-order valence-electron chi connectivity index (χ1n) is 7.70. The summed E-state index contributed by atoms with van der Waals surface area (Å²) >= 11 is 0. The number of amides is 2. The van der Waals surface area contributed by atoms with Crippen molar-refractivity contribution in [3.05, 3.63) is 0 Å². The van der Waals surface area contributed by atoms with Crippen molar-refractivity contribution in [2.45, 2.75) is 58.4 Å². The zero-order valence-electron chi connectivity index (χ0n) is 12.8. The molecule has 1 spiro atoms. The van der Waals surface area contributed by atoms with Gasteiger partial charge in [-0.3, -0.25) is 19.5 Å². The molecule has 5 nitrogen and oxygen atoms in total. The summed E-state index contributed by atoms with van der Waals surface area (Å²) in [5.41, 5.74) is -0.691. The van der Waals surface area contributed by atoms with E-state index in [1.54, 1.807) is 11.8 Å². The lowest BCUT2D eigenvalue weighted by Gasteiger charge is -2.36. The molecule has 0 aromatic carbocycles. The molecule has 1 unspecified atom stereocenters. The minimum absolute atomic E-state index is 0.0390. The molecule has 1 saturated heterocycles. The standard InChI is InChI=1S/C15H25N3O2/c1-4-6-8-13-16-15(14(20)18(13)5-2)9-7-10-17(11-15)12(3)19/h4-11H2,1-3H3. The molecule has 0 aromatic heterocycles. The highest BCUT2D eigenvalue weighted by Crippen LogP contribution is 2.33. The number of hydrogen-bond donors (Lipinski definition) is 0. The molecule has 2 rings (SSSR count). The Hall–Kier alpha value is -1.39. The molecule has 2 heterocycles. The normalized spacial score (nSPS) is 26.4. The number of amidine groups is 1. The summed E-state index contributed by atoms with van der Waals surface area (Å²) < 4.78 is 0.